The van der Waals surface area contributed by atoms with Crippen molar-refractivity contribution in [2.45, 2.75) is 33.2 Å². The Morgan fingerprint density at radius 2 is 1.83 bits per heavy atom. The molecule has 3 rings (SSSR count). The molecule has 0 saturated heterocycles. The average molecular weight is 465 g/mol. The molecule has 5 nitrogen and oxygen atoms in total. The Balaban J connectivity index is 1.55. The van der Waals surface area contributed by atoms with Crippen molar-refractivity contribution in [3.8, 4) is 0 Å². The zero-order valence-corrected chi connectivity index (χ0v) is 18.9. The predicted molar refractivity (Wildman–Crippen MR) is 126 cm³/mol. The maximum atomic E-state index is 12.3. The lowest BCUT2D eigenvalue weighted by Gasteiger charge is -2.05. The number of hydrazone groups is 1. The van der Waals surface area contributed by atoms with Crippen molar-refractivity contribution in [3.63, 3.8) is 0 Å². The van der Waals surface area contributed by atoms with E-state index in [2.05, 4.69) is 69.7 Å². The fourth-order valence-electron chi connectivity index (χ4n) is 2.88. The van der Waals surface area contributed by atoms with Gasteiger partial charge >= 0.3 is 0 Å². The van der Waals surface area contributed by atoms with Crippen LogP contribution in [0.15, 0.2) is 75.9 Å². The number of aromatic nitrogens is 2. The third-order valence-electron chi connectivity index (χ3n) is 4.56. The van der Waals surface area contributed by atoms with E-state index in [4.69, 9.17) is 0 Å². The Labute approximate surface area is 185 Å². The minimum Gasteiger partial charge on any atom is -0.268 e. The molecule has 1 amide bonds. The standard InChI is InChI=1S/C24H25BrN4O/c1-17(2)21-8-4-19(5-9-21)14-18(3)15-26-27-24(30)23-12-13-29(28-23)16-20-6-10-22(25)11-7-20/h4-15,17H,16H2,1-3H3,(H,27,30)/b18-14+,26-15-. The highest BCUT2D eigenvalue weighted by molar-refractivity contribution is 9.10. The molecule has 0 aliphatic rings. The lowest BCUT2D eigenvalue weighted by Crippen LogP contribution is -2.18. The number of carbonyl (C=O) groups excluding carboxylic acids is 1. The highest BCUT2D eigenvalue weighted by Crippen LogP contribution is 2.16. The molecule has 0 fully saturated rings. The highest BCUT2D eigenvalue weighted by atomic mass is 79.9. The maximum absolute atomic E-state index is 12.3. The second-order valence-electron chi connectivity index (χ2n) is 7.43. The van der Waals surface area contributed by atoms with Gasteiger partial charge in [-0.15, -0.1) is 0 Å². The smallest absolute Gasteiger partial charge is 0.268 e. The van der Waals surface area contributed by atoms with E-state index in [0.29, 0.717) is 18.2 Å². The molecular formula is C24H25BrN4O. The number of rotatable bonds is 7. The monoisotopic (exact) mass is 464 g/mol. The van der Waals surface area contributed by atoms with Crippen LogP contribution in [0.4, 0.5) is 0 Å². The van der Waals surface area contributed by atoms with Gasteiger partial charge in [0.05, 0.1) is 12.8 Å². The van der Waals surface area contributed by atoms with Crippen molar-refractivity contribution >= 4 is 34.1 Å². The molecule has 0 radical (unpaired) electrons. The number of amides is 1. The number of allylic oxidation sites excluding steroid dienone is 1. The van der Waals surface area contributed by atoms with Crippen LogP contribution >= 0.6 is 15.9 Å². The zero-order chi connectivity index (χ0) is 21.5. The number of nitrogens with one attached hydrogen (secondary N) is 1. The summed E-state index contributed by atoms with van der Waals surface area (Å²) in [5, 5.41) is 8.37. The first-order valence-electron chi connectivity index (χ1n) is 9.80. The first kappa shape index (κ1) is 21.7. The van der Waals surface area contributed by atoms with Crippen molar-refractivity contribution in [1.82, 2.24) is 15.2 Å². The van der Waals surface area contributed by atoms with Gasteiger partial charge in [0.25, 0.3) is 5.91 Å². The Kier molecular flexibility index (Phi) is 7.36. The van der Waals surface area contributed by atoms with Crippen molar-refractivity contribution in [2.75, 3.05) is 0 Å². The number of halogens is 1. The number of hydrogen-bond donors (Lipinski definition) is 1. The van der Waals surface area contributed by atoms with Crippen molar-refractivity contribution in [3.05, 3.63) is 93.2 Å². The maximum Gasteiger partial charge on any atom is 0.291 e. The lowest BCUT2D eigenvalue weighted by molar-refractivity contribution is 0.0949. The fraction of sp³-hybridized carbons (Fsp3) is 0.208. The molecule has 0 saturated carbocycles. The summed E-state index contributed by atoms with van der Waals surface area (Å²) in [4.78, 5) is 12.3. The second kappa shape index (κ2) is 10.2. The fourth-order valence-corrected chi connectivity index (χ4v) is 3.14. The third kappa shape index (κ3) is 6.26. The summed E-state index contributed by atoms with van der Waals surface area (Å²) in [5.41, 5.74) is 7.31. The van der Waals surface area contributed by atoms with E-state index in [1.165, 1.54) is 5.56 Å². The molecule has 2 aromatic carbocycles. The number of benzene rings is 2. The van der Waals surface area contributed by atoms with E-state index in [1.54, 1.807) is 23.2 Å². The normalized spacial score (nSPS) is 12.0. The summed E-state index contributed by atoms with van der Waals surface area (Å²) in [6.07, 6.45) is 5.44. The molecule has 30 heavy (non-hydrogen) atoms. The summed E-state index contributed by atoms with van der Waals surface area (Å²) in [7, 11) is 0. The molecule has 0 aliphatic heterocycles. The summed E-state index contributed by atoms with van der Waals surface area (Å²) in [5.74, 6) is 0.175. The van der Waals surface area contributed by atoms with Gasteiger partial charge in [0, 0.05) is 10.7 Å². The van der Waals surface area contributed by atoms with Gasteiger partial charge in [-0.05, 0) is 53.3 Å². The van der Waals surface area contributed by atoms with E-state index in [-0.39, 0.29) is 5.91 Å². The Morgan fingerprint density at radius 1 is 1.13 bits per heavy atom. The lowest BCUT2D eigenvalue weighted by atomic mass is 10.0. The molecule has 0 aliphatic carbocycles. The Hall–Kier alpha value is -2.99. The van der Waals surface area contributed by atoms with Crippen molar-refractivity contribution < 1.29 is 4.79 Å². The van der Waals surface area contributed by atoms with Gasteiger partial charge in [0.1, 0.15) is 0 Å². The van der Waals surface area contributed by atoms with Crippen molar-refractivity contribution in [2.24, 2.45) is 5.10 Å². The SMILES string of the molecule is CC(/C=N\NC(=O)c1ccn(Cc2ccc(Br)cc2)n1)=C\c1ccc(C(C)C)cc1. The van der Waals surface area contributed by atoms with E-state index in [9.17, 15) is 4.79 Å². The van der Waals surface area contributed by atoms with Gasteiger partial charge in [-0.25, -0.2) is 5.43 Å². The van der Waals surface area contributed by atoms with Crippen LogP contribution in [0.25, 0.3) is 6.08 Å². The molecule has 0 atom stereocenters. The summed E-state index contributed by atoms with van der Waals surface area (Å²) >= 11 is 3.42. The summed E-state index contributed by atoms with van der Waals surface area (Å²) in [6.45, 7) is 6.89. The van der Waals surface area contributed by atoms with Crippen LogP contribution in [0.3, 0.4) is 0 Å². The van der Waals surface area contributed by atoms with Gasteiger partial charge < -0.3 is 0 Å². The molecule has 1 heterocycles. The molecule has 0 bridgehead atoms. The van der Waals surface area contributed by atoms with Gasteiger partial charge in [-0.1, -0.05) is 72.3 Å². The van der Waals surface area contributed by atoms with Crippen molar-refractivity contribution in [1.29, 1.82) is 0 Å². The topological polar surface area (TPSA) is 59.3 Å². The summed E-state index contributed by atoms with van der Waals surface area (Å²) < 4.78 is 2.76. The number of carbonyl (C=O) groups is 1. The average Bonchev–Trinajstić information content (AvgIpc) is 3.19. The molecule has 1 N–H and O–H groups in total. The zero-order valence-electron chi connectivity index (χ0n) is 17.3. The highest BCUT2D eigenvalue weighted by Gasteiger charge is 2.08. The molecule has 154 valence electrons. The van der Waals surface area contributed by atoms with E-state index in [0.717, 1.165) is 21.2 Å². The van der Waals surface area contributed by atoms with E-state index >= 15 is 0 Å². The Bertz CT molecular complexity index is 1050. The van der Waals surface area contributed by atoms with Crippen LogP contribution in [0, 0.1) is 0 Å². The summed E-state index contributed by atoms with van der Waals surface area (Å²) in [6, 6.07) is 18.1. The largest absolute Gasteiger partial charge is 0.291 e. The van der Waals surface area contributed by atoms with Gasteiger partial charge in [0.15, 0.2) is 5.69 Å². The first-order chi connectivity index (χ1) is 14.4. The molecular weight excluding hydrogens is 440 g/mol. The van der Waals surface area contributed by atoms with Crippen LogP contribution in [0.1, 0.15) is 53.9 Å². The second-order valence-corrected chi connectivity index (χ2v) is 8.35. The first-order valence-corrected chi connectivity index (χ1v) is 10.6. The minimum absolute atomic E-state index is 0.329. The quantitative estimate of drug-likeness (QED) is 0.363. The van der Waals surface area contributed by atoms with Crippen LogP contribution in [-0.2, 0) is 6.54 Å². The van der Waals surface area contributed by atoms with Crippen LogP contribution < -0.4 is 5.43 Å². The number of hydrogen-bond acceptors (Lipinski definition) is 3. The molecule has 6 heteroatoms. The van der Waals surface area contributed by atoms with E-state index in [1.807, 2.05) is 37.3 Å². The Morgan fingerprint density at radius 3 is 2.50 bits per heavy atom. The van der Waals surface area contributed by atoms with Crippen LogP contribution in [-0.4, -0.2) is 21.9 Å². The predicted octanol–water partition coefficient (Wildman–Crippen LogP) is 5.64. The van der Waals surface area contributed by atoms with Gasteiger partial charge in [-0.3, -0.25) is 9.48 Å². The van der Waals surface area contributed by atoms with Crippen LogP contribution in [0.5, 0.6) is 0 Å². The van der Waals surface area contributed by atoms with E-state index < -0.39 is 0 Å². The van der Waals surface area contributed by atoms with Gasteiger partial charge in [0.2, 0.25) is 0 Å². The molecule has 0 unspecified atom stereocenters. The molecule has 3 aromatic rings. The van der Waals surface area contributed by atoms with Gasteiger partial charge in [-0.2, -0.15) is 10.2 Å². The molecule has 1 aromatic heterocycles. The molecule has 0 spiro atoms. The van der Waals surface area contributed by atoms with Crippen LogP contribution in [0.2, 0.25) is 0 Å². The third-order valence-corrected chi connectivity index (χ3v) is 5.09. The minimum atomic E-state index is -0.338. The number of nitrogens with zero attached hydrogens (tertiary/aromatic N) is 3.